The van der Waals surface area contributed by atoms with Crippen molar-refractivity contribution in [2.75, 3.05) is 45.2 Å². The van der Waals surface area contributed by atoms with Crippen LogP contribution in [0.3, 0.4) is 0 Å². The Kier molecular flexibility index (Phi) is 4.66. The Morgan fingerprint density at radius 1 is 1.32 bits per heavy atom. The summed E-state index contributed by atoms with van der Waals surface area (Å²) >= 11 is 5.97. The lowest BCUT2D eigenvalue weighted by atomic mass is 10.3. The highest BCUT2D eigenvalue weighted by atomic mass is 35.5. The zero-order valence-corrected chi connectivity index (χ0v) is 12.2. The lowest BCUT2D eigenvalue weighted by Crippen LogP contribution is -2.33. The molecule has 0 N–H and O–H groups in total. The first-order chi connectivity index (χ1) is 9.08. The number of urea groups is 1. The van der Waals surface area contributed by atoms with Crippen molar-refractivity contribution in [3.05, 3.63) is 29.3 Å². The van der Waals surface area contributed by atoms with Gasteiger partial charge in [-0.25, -0.2) is 4.79 Å². The molecule has 19 heavy (non-hydrogen) atoms. The minimum Gasteiger partial charge on any atom is -0.323 e. The van der Waals surface area contributed by atoms with Gasteiger partial charge in [-0.15, -0.1) is 0 Å². The highest BCUT2D eigenvalue weighted by molar-refractivity contribution is 6.30. The van der Waals surface area contributed by atoms with Crippen molar-refractivity contribution in [3.8, 4) is 0 Å². The van der Waals surface area contributed by atoms with Crippen LogP contribution in [0.4, 0.5) is 10.5 Å². The summed E-state index contributed by atoms with van der Waals surface area (Å²) in [4.78, 5) is 18.1. The Labute approximate surface area is 119 Å². The number of halogens is 1. The van der Waals surface area contributed by atoms with Crippen molar-refractivity contribution in [2.45, 2.75) is 6.42 Å². The molecule has 0 spiro atoms. The molecule has 0 saturated carbocycles. The van der Waals surface area contributed by atoms with Gasteiger partial charge in [0.05, 0.1) is 0 Å². The van der Waals surface area contributed by atoms with E-state index in [1.165, 1.54) is 0 Å². The molecule has 0 radical (unpaired) electrons. The van der Waals surface area contributed by atoms with E-state index in [4.69, 9.17) is 11.6 Å². The topological polar surface area (TPSA) is 26.8 Å². The number of anilines is 1. The van der Waals surface area contributed by atoms with Crippen molar-refractivity contribution >= 4 is 23.3 Å². The van der Waals surface area contributed by atoms with Crippen molar-refractivity contribution < 1.29 is 4.79 Å². The molecule has 0 aliphatic carbocycles. The molecule has 1 heterocycles. The molecule has 2 amide bonds. The number of hydrogen-bond donors (Lipinski definition) is 0. The summed E-state index contributed by atoms with van der Waals surface area (Å²) in [5.74, 6) is 0. The predicted molar refractivity (Wildman–Crippen MR) is 78.9 cm³/mol. The second-order valence-electron chi connectivity index (χ2n) is 5.06. The first kappa shape index (κ1) is 14.2. The molecule has 0 aromatic heterocycles. The van der Waals surface area contributed by atoms with Crippen LogP contribution >= 0.6 is 11.6 Å². The number of amides is 2. The largest absolute Gasteiger partial charge is 0.324 e. The third kappa shape index (κ3) is 3.61. The molecule has 1 aliphatic heterocycles. The Morgan fingerprint density at radius 2 is 2.11 bits per heavy atom. The lowest BCUT2D eigenvalue weighted by Gasteiger charge is -2.19. The smallest absolute Gasteiger partial charge is 0.323 e. The number of benzene rings is 1. The zero-order valence-electron chi connectivity index (χ0n) is 11.5. The fourth-order valence-electron chi connectivity index (χ4n) is 2.25. The van der Waals surface area contributed by atoms with Gasteiger partial charge >= 0.3 is 6.03 Å². The third-order valence-corrected chi connectivity index (χ3v) is 3.48. The second-order valence-corrected chi connectivity index (χ2v) is 5.49. The van der Waals surface area contributed by atoms with Crippen LogP contribution in [0, 0.1) is 0 Å². The average molecular weight is 282 g/mol. The van der Waals surface area contributed by atoms with Gasteiger partial charge in [0.15, 0.2) is 0 Å². The van der Waals surface area contributed by atoms with Gasteiger partial charge in [-0.3, -0.25) is 4.90 Å². The maximum absolute atomic E-state index is 12.3. The molecule has 1 fully saturated rings. The maximum atomic E-state index is 12.3. The molecule has 4 nitrogen and oxygen atoms in total. The van der Waals surface area contributed by atoms with Crippen molar-refractivity contribution in [1.29, 1.82) is 0 Å². The summed E-state index contributed by atoms with van der Waals surface area (Å²) in [6.07, 6.45) is 1.00. The van der Waals surface area contributed by atoms with Crippen LogP contribution in [0.25, 0.3) is 0 Å². The first-order valence-electron chi connectivity index (χ1n) is 6.54. The van der Waals surface area contributed by atoms with E-state index < -0.39 is 0 Å². The molecule has 1 aromatic carbocycles. The van der Waals surface area contributed by atoms with E-state index in [-0.39, 0.29) is 6.03 Å². The van der Waals surface area contributed by atoms with Gasteiger partial charge in [0, 0.05) is 30.3 Å². The highest BCUT2D eigenvalue weighted by Crippen LogP contribution is 2.23. The summed E-state index contributed by atoms with van der Waals surface area (Å²) in [5.41, 5.74) is 0.882. The van der Waals surface area contributed by atoms with Gasteiger partial charge < -0.3 is 9.80 Å². The number of carbonyl (C=O) groups excluding carboxylic acids is 1. The van der Waals surface area contributed by atoms with Crippen LogP contribution in [-0.2, 0) is 0 Å². The van der Waals surface area contributed by atoms with Crippen LogP contribution in [0.5, 0.6) is 0 Å². The molecule has 1 aromatic rings. The summed E-state index contributed by atoms with van der Waals surface area (Å²) in [5, 5.41) is 0.663. The van der Waals surface area contributed by atoms with Gasteiger partial charge in [-0.2, -0.15) is 0 Å². The molecular formula is C14H20ClN3O. The Hall–Kier alpha value is -1.26. The minimum atomic E-state index is 0.0843. The molecule has 0 atom stereocenters. The molecule has 104 valence electrons. The average Bonchev–Trinajstić information content (AvgIpc) is 2.71. The fourth-order valence-corrected chi connectivity index (χ4v) is 2.44. The quantitative estimate of drug-likeness (QED) is 0.829. The standard InChI is InChI=1S/C14H20ClN3O/c1-16(2)7-4-8-17-9-10-18(14(17)19)13-6-3-5-12(15)11-13/h3,5-6,11H,4,7-10H2,1-2H3. The molecule has 5 heteroatoms. The van der Waals surface area contributed by atoms with Gasteiger partial charge in [0.25, 0.3) is 0 Å². The third-order valence-electron chi connectivity index (χ3n) is 3.25. The predicted octanol–water partition coefficient (Wildman–Crippen LogP) is 2.53. The number of carbonyl (C=O) groups is 1. The number of nitrogens with zero attached hydrogens (tertiary/aromatic N) is 3. The van der Waals surface area contributed by atoms with E-state index >= 15 is 0 Å². The Balaban J connectivity index is 1.94. The van der Waals surface area contributed by atoms with Crippen LogP contribution in [0.15, 0.2) is 24.3 Å². The summed E-state index contributed by atoms with van der Waals surface area (Å²) in [7, 11) is 4.09. The summed E-state index contributed by atoms with van der Waals surface area (Å²) in [6.45, 7) is 3.34. The molecule has 1 aliphatic rings. The van der Waals surface area contributed by atoms with Gasteiger partial charge in [0.1, 0.15) is 0 Å². The molecule has 1 saturated heterocycles. The van der Waals surface area contributed by atoms with Gasteiger partial charge in [0.2, 0.25) is 0 Å². The SMILES string of the molecule is CN(C)CCCN1CCN(c2cccc(Cl)c2)C1=O. The molecule has 0 bridgehead atoms. The molecular weight excluding hydrogens is 262 g/mol. The normalized spacial score (nSPS) is 15.7. The maximum Gasteiger partial charge on any atom is 0.324 e. The summed E-state index contributed by atoms with van der Waals surface area (Å²) < 4.78 is 0. The minimum absolute atomic E-state index is 0.0843. The van der Waals surface area contributed by atoms with Crippen molar-refractivity contribution in [1.82, 2.24) is 9.80 Å². The van der Waals surface area contributed by atoms with E-state index in [2.05, 4.69) is 4.90 Å². The Bertz CT molecular complexity index is 450. The monoisotopic (exact) mass is 281 g/mol. The van der Waals surface area contributed by atoms with Crippen LogP contribution < -0.4 is 4.90 Å². The fraction of sp³-hybridized carbons (Fsp3) is 0.500. The lowest BCUT2D eigenvalue weighted by molar-refractivity contribution is 0.218. The van der Waals surface area contributed by atoms with E-state index in [9.17, 15) is 4.79 Å². The van der Waals surface area contributed by atoms with Crippen molar-refractivity contribution in [3.63, 3.8) is 0 Å². The van der Waals surface area contributed by atoms with Gasteiger partial charge in [-0.1, -0.05) is 17.7 Å². The molecule has 0 unspecified atom stereocenters. The van der Waals surface area contributed by atoms with Gasteiger partial charge in [-0.05, 0) is 45.3 Å². The van der Waals surface area contributed by atoms with E-state index in [1.54, 1.807) is 4.90 Å². The first-order valence-corrected chi connectivity index (χ1v) is 6.92. The Morgan fingerprint density at radius 3 is 2.79 bits per heavy atom. The number of hydrogen-bond acceptors (Lipinski definition) is 2. The van der Waals surface area contributed by atoms with E-state index in [0.29, 0.717) is 5.02 Å². The van der Waals surface area contributed by atoms with Crippen molar-refractivity contribution in [2.24, 2.45) is 0 Å². The van der Waals surface area contributed by atoms with Crippen LogP contribution in [0.1, 0.15) is 6.42 Å². The van der Waals surface area contributed by atoms with Crippen LogP contribution in [0.2, 0.25) is 5.02 Å². The van der Waals surface area contributed by atoms with E-state index in [0.717, 1.165) is 38.3 Å². The zero-order chi connectivity index (χ0) is 13.8. The van der Waals surface area contributed by atoms with E-state index in [1.807, 2.05) is 43.3 Å². The second kappa shape index (κ2) is 6.26. The van der Waals surface area contributed by atoms with Crippen LogP contribution in [-0.4, -0.2) is 56.1 Å². The summed E-state index contributed by atoms with van der Waals surface area (Å²) in [6, 6.07) is 7.54. The highest BCUT2D eigenvalue weighted by Gasteiger charge is 2.28. The molecule has 2 rings (SSSR count). The number of rotatable bonds is 5.